The molecule has 1 aliphatic carbocycles. The summed E-state index contributed by atoms with van der Waals surface area (Å²) in [5, 5.41) is 31.3. The lowest BCUT2D eigenvalue weighted by Gasteiger charge is -2.26. The first kappa shape index (κ1) is 16.8. The number of aliphatic hydroxyl groups is 1. The van der Waals surface area contributed by atoms with Crippen molar-refractivity contribution in [3.63, 3.8) is 0 Å². The van der Waals surface area contributed by atoms with Crippen molar-refractivity contribution in [1.82, 2.24) is 10.3 Å². The molecule has 9 heteroatoms. The van der Waals surface area contributed by atoms with E-state index in [9.17, 15) is 9.50 Å². The number of rotatable bonds is 4. The Morgan fingerprint density at radius 3 is 2.75 bits per heavy atom. The molecule has 0 spiro atoms. The first-order valence-corrected chi connectivity index (χ1v) is 8.40. The average Bonchev–Trinajstić information content (AvgIpc) is 3.01. The van der Waals surface area contributed by atoms with Gasteiger partial charge in [-0.25, -0.2) is 9.02 Å². The van der Waals surface area contributed by atoms with E-state index in [1.165, 1.54) is 18.2 Å². The van der Waals surface area contributed by atoms with E-state index in [-0.39, 0.29) is 29.5 Å². The molecule has 0 saturated heterocycles. The minimum absolute atomic E-state index is 0.00639. The summed E-state index contributed by atoms with van der Waals surface area (Å²) in [5.74, 6) is 0.000180. The number of amidine groups is 1. The number of anilines is 2. The fraction of sp³-hybridized carbons (Fsp3) is 0.400. The molecule has 1 aliphatic rings. The van der Waals surface area contributed by atoms with E-state index in [1.54, 1.807) is 0 Å². The van der Waals surface area contributed by atoms with Gasteiger partial charge in [0.05, 0.1) is 10.6 Å². The van der Waals surface area contributed by atoms with Crippen molar-refractivity contribution in [2.45, 2.75) is 37.8 Å². The minimum Gasteiger partial charge on any atom is -0.393 e. The highest BCUT2D eigenvalue weighted by Crippen LogP contribution is 2.24. The molecule has 0 unspecified atom stereocenters. The number of nitrogens with one attached hydrogen (secondary N) is 3. The van der Waals surface area contributed by atoms with Crippen LogP contribution in [-0.4, -0.2) is 33.4 Å². The molecule has 0 atom stereocenters. The number of hydrogen-bond acceptors (Lipinski definition) is 6. The molecule has 1 heterocycles. The maximum absolute atomic E-state index is 13.3. The van der Waals surface area contributed by atoms with Gasteiger partial charge in [0.25, 0.3) is 0 Å². The van der Waals surface area contributed by atoms with Crippen molar-refractivity contribution in [1.29, 1.82) is 5.41 Å². The molecule has 4 N–H and O–H groups in total. The second kappa shape index (κ2) is 7.27. The van der Waals surface area contributed by atoms with Crippen molar-refractivity contribution >= 4 is 33.3 Å². The van der Waals surface area contributed by atoms with E-state index in [2.05, 4.69) is 36.9 Å². The van der Waals surface area contributed by atoms with Gasteiger partial charge in [-0.2, -0.15) is 0 Å². The van der Waals surface area contributed by atoms with Gasteiger partial charge in [-0.15, -0.1) is 0 Å². The van der Waals surface area contributed by atoms with Crippen LogP contribution in [-0.2, 0) is 0 Å². The third-order valence-corrected chi connectivity index (χ3v) is 4.56. The third-order valence-electron chi connectivity index (χ3n) is 3.95. The van der Waals surface area contributed by atoms with E-state index in [1.807, 2.05) is 0 Å². The Hall–Kier alpha value is -2.00. The van der Waals surface area contributed by atoms with Gasteiger partial charge in [0.1, 0.15) is 5.82 Å². The summed E-state index contributed by atoms with van der Waals surface area (Å²) in [4.78, 5) is 0. The summed E-state index contributed by atoms with van der Waals surface area (Å²) in [6, 6.07) is 4.52. The zero-order chi connectivity index (χ0) is 17.1. The molecule has 1 aromatic heterocycles. The van der Waals surface area contributed by atoms with Crippen LogP contribution in [0, 0.1) is 11.2 Å². The Balaban J connectivity index is 1.67. The molecule has 1 fully saturated rings. The third kappa shape index (κ3) is 3.90. The van der Waals surface area contributed by atoms with Crippen LogP contribution in [0.1, 0.15) is 31.4 Å². The standard InChI is InChI=1S/C15H17BrFN5O2/c16-11-7-9(3-6-12(11)17)19-14(18)13-15(22-24-21-13)20-8-1-4-10(23)5-2-8/h3,6-8,10,23H,1-2,4-5H2,(H2,18,19)(H,20,22). The van der Waals surface area contributed by atoms with Crippen molar-refractivity contribution < 1.29 is 14.1 Å². The lowest BCUT2D eigenvalue weighted by Crippen LogP contribution is -2.29. The molecule has 1 saturated carbocycles. The van der Waals surface area contributed by atoms with Crippen LogP contribution in [0.25, 0.3) is 0 Å². The van der Waals surface area contributed by atoms with E-state index in [0.29, 0.717) is 16.0 Å². The molecule has 3 rings (SSSR count). The predicted molar refractivity (Wildman–Crippen MR) is 90.7 cm³/mol. The molecular formula is C15H17BrFN5O2. The molecule has 0 aliphatic heterocycles. The number of aromatic nitrogens is 2. The number of nitrogens with zero attached hydrogens (tertiary/aromatic N) is 2. The van der Waals surface area contributed by atoms with E-state index in [4.69, 9.17) is 10.0 Å². The van der Waals surface area contributed by atoms with Crippen molar-refractivity contribution in [3.8, 4) is 0 Å². The highest BCUT2D eigenvalue weighted by Gasteiger charge is 2.23. The first-order chi connectivity index (χ1) is 11.5. The summed E-state index contributed by atoms with van der Waals surface area (Å²) in [6.45, 7) is 0. The Morgan fingerprint density at radius 1 is 1.29 bits per heavy atom. The summed E-state index contributed by atoms with van der Waals surface area (Å²) in [5.41, 5.74) is 0.796. The molecule has 128 valence electrons. The van der Waals surface area contributed by atoms with Crippen LogP contribution in [0.3, 0.4) is 0 Å². The number of hydrogen-bond donors (Lipinski definition) is 4. The Morgan fingerprint density at radius 2 is 2.04 bits per heavy atom. The summed E-state index contributed by atoms with van der Waals surface area (Å²) >= 11 is 3.11. The predicted octanol–water partition coefficient (Wildman–Crippen LogP) is 3.12. The van der Waals surface area contributed by atoms with Gasteiger partial charge < -0.3 is 15.7 Å². The van der Waals surface area contributed by atoms with Gasteiger partial charge in [-0.1, -0.05) is 0 Å². The van der Waals surface area contributed by atoms with Crippen LogP contribution in [0.5, 0.6) is 0 Å². The van der Waals surface area contributed by atoms with E-state index in [0.717, 1.165) is 25.7 Å². The molecule has 0 bridgehead atoms. The second-order valence-corrected chi connectivity index (χ2v) is 6.59. The summed E-state index contributed by atoms with van der Waals surface area (Å²) in [7, 11) is 0. The molecule has 1 aromatic carbocycles. The molecule has 0 radical (unpaired) electrons. The topological polar surface area (TPSA) is 107 Å². The Bertz CT molecular complexity index is 730. The van der Waals surface area contributed by atoms with Gasteiger partial charge in [-0.05, 0) is 70.1 Å². The SMILES string of the molecule is N=C(Nc1ccc(F)c(Br)c1)c1nonc1NC1CCC(O)CC1. The van der Waals surface area contributed by atoms with E-state index < -0.39 is 0 Å². The van der Waals surface area contributed by atoms with Gasteiger partial charge in [0.15, 0.2) is 11.5 Å². The van der Waals surface area contributed by atoms with Gasteiger partial charge in [0, 0.05) is 11.7 Å². The van der Waals surface area contributed by atoms with Crippen LogP contribution < -0.4 is 10.6 Å². The largest absolute Gasteiger partial charge is 0.393 e. The number of halogens is 2. The zero-order valence-corrected chi connectivity index (χ0v) is 14.3. The maximum atomic E-state index is 13.3. The van der Waals surface area contributed by atoms with Gasteiger partial charge in [0.2, 0.25) is 5.82 Å². The normalized spacial score (nSPS) is 20.6. The summed E-state index contributed by atoms with van der Waals surface area (Å²) in [6.07, 6.45) is 2.86. The van der Waals surface area contributed by atoms with Crippen LogP contribution in [0.4, 0.5) is 15.9 Å². The van der Waals surface area contributed by atoms with Crippen molar-refractivity contribution in [3.05, 3.63) is 34.2 Å². The van der Waals surface area contributed by atoms with Gasteiger partial charge >= 0.3 is 0 Å². The van der Waals surface area contributed by atoms with E-state index >= 15 is 0 Å². The second-order valence-electron chi connectivity index (χ2n) is 5.74. The first-order valence-electron chi connectivity index (χ1n) is 7.61. The minimum atomic E-state index is -0.378. The fourth-order valence-corrected chi connectivity index (χ4v) is 3.02. The maximum Gasteiger partial charge on any atom is 0.202 e. The molecule has 0 amide bonds. The fourth-order valence-electron chi connectivity index (χ4n) is 2.64. The average molecular weight is 398 g/mol. The molecule has 2 aromatic rings. The lowest BCUT2D eigenvalue weighted by molar-refractivity contribution is 0.126. The smallest absolute Gasteiger partial charge is 0.202 e. The molecule has 24 heavy (non-hydrogen) atoms. The van der Waals surface area contributed by atoms with Crippen LogP contribution in [0.2, 0.25) is 0 Å². The lowest BCUT2D eigenvalue weighted by atomic mass is 9.93. The Labute approximate surface area is 146 Å². The van der Waals surface area contributed by atoms with Gasteiger partial charge in [-0.3, -0.25) is 5.41 Å². The zero-order valence-electron chi connectivity index (χ0n) is 12.7. The van der Waals surface area contributed by atoms with Crippen LogP contribution >= 0.6 is 15.9 Å². The quantitative estimate of drug-likeness (QED) is 0.466. The molecular weight excluding hydrogens is 381 g/mol. The number of aliphatic hydroxyl groups excluding tert-OH is 1. The highest BCUT2D eigenvalue weighted by atomic mass is 79.9. The summed E-state index contributed by atoms with van der Waals surface area (Å²) < 4.78 is 18.3. The Kier molecular flexibility index (Phi) is 5.10. The molecule has 7 nitrogen and oxygen atoms in total. The highest BCUT2D eigenvalue weighted by molar-refractivity contribution is 9.10. The number of benzene rings is 1. The monoisotopic (exact) mass is 397 g/mol. The van der Waals surface area contributed by atoms with Crippen molar-refractivity contribution in [2.75, 3.05) is 10.6 Å². The van der Waals surface area contributed by atoms with Crippen LogP contribution in [0.15, 0.2) is 27.3 Å². The van der Waals surface area contributed by atoms with Crippen molar-refractivity contribution in [2.24, 2.45) is 0 Å².